The van der Waals surface area contributed by atoms with Gasteiger partial charge in [-0.2, -0.15) is 9.81 Å². The van der Waals surface area contributed by atoms with Crippen LogP contribution in [0.2, 0.25) is 0 Å². The van der Waals surface area contributed by atoms with Crippen LogP contribution in [0.15, 0.2) is 10.4 Å². The third-order valence-electron chi connectivity index (χ3n) is 1.53. The van der Waals surface area contributed by atoms with Gasteiger partial charge in [-0.1, -0.05) is 10.4 Å². The molecule has 0 amide bonds. The first-order valence-electron chi connectivity index (χ1n) is 3.24. The minimum atomic E-state index is -0.885. The Labute approximate surface area is 62.5 Å². The molecule has 0 aromatic carbocycles. The van der Waals surface area contributed by atoms with Crippen molar-refractivity contribution in [1.82, 2.24) is 0 Å². The van der Waals surface area contributed by atoms with Gasteiger partial charge in [0.25, 0.3) is 0 Å². The molecule has 0 bridgehead atoms. The van der Waals surface area contributed by atoms with Gasteiger partial charge < -0.3 is 9.84 Å². The number of aliphatic hydroxyl groups excluding tert-OH is 1. The van der Waals surface area contributed by atoms with Crippen LogP contribution in [0.3, 0.4) is 0 Å². The van der Waals surface area contributed by atoms with Crippen molar-refractivity contribution in [2.45, 2.75) is 24.9 Å². The highest BCUT2D eigenvalue weighted by atomic mass is 16.7. The van der Waals surface area contributed by atoms with Crippen LogP contribution in [-0.2, 0) is 4.74 Å². The van der Waals surface area contributed by atoms with E-state index in [1.165, 1.54) is 0 Å². The predicted molar refractivity (Wildman–Crippen MR) is 35.7 cm³/mol. The van der Waals surface area contributed by atoms with Crippen LogP contribution < -0.4 is 0 Å². The van der Waals surface area contributed by atoms with Gasteiger partial charge in [0.15, 0.2) is 6.29 Å². The third-order valence-corrected chi connectivity index (χ3v) is 1.53. The highest BCUT2D eigenvalue weighted by Gasteiger charge is 2.44. The molecule has 1 aliphatic rings. The molecule has 1 saturated heterocycles. The Morgan fingerprint density at radius 3 is 2.55 bits per heavy atom. The number of nitrogens with zero attached hydrogens (tertiary/aromatic N) is 2. The van der Waals surface area contributed by atoms with E-state index in [2.05, 4.69) is 15.1 Å². The molecule has 6 heteroatoms. The van der Waals surface area contributed by atoms with Gasteiger partial charge >= 0.3 is 0 Å². The molecule has 0 radical (unpaired) electrons. The van der Waals surface area contributed by atoms with Gasteiger partial charge in [-0.05, 0) is 6.42 Å². The Bertz CT molecular complexity index is 163. The summed E-state index contributed by atoms with van der Waals surface area (Å²) in [6, 6.07) is -0.636. The highest BCUT2D eigenvalue weighted by Crippen LogP contribution is 2.26. The molecule has 11 heavy (non-hydrogen) atoms. The van der Waals surface area contributed by atoms with Crippen molar-refractivity contribution in [1.29, 1.82) is 0 Å². The van der Waals surface area contributed by atoms with Crippen LogP contribution in [0.25, 0.3) is 0 Å². The second-order valence-corrected chi connectivity index (χ2v) is 2.31. The summed E-state index contributed by atoms with van der Waals surface area (Å²) in [5, 5.41) is 14.0. The van der Waals surface area contributed by atoms with Crippen LogP contribution in [0.5, 0.6) is 0 Å². The van der Waals surface area contributed by atoms with Crippen molar-refractivity contribution in [3.05, 3.63) is 9.81 Å². The third kappa shape index (κ3) is 2.02. The molecular formula is C5H8N2O4. The molecule has 0 spiro atoms. The fraction of sp³-hybridized carbons (Fsp3) is 1.00. The van der Waals surface area contributed by atoms with E-state index in [1.807, 2.05) is 0 Å². The Balaban J connectivity index is 2.25. The first kappa shape index (κ1) is 8.22. The number of rotatable bonds is 5. The zero-order valence-electron chi connectivity index (χ0n) is 5.71. The summed E-state index contributed by atoms with van der Waals surface area (Å²) in [7, 11) is 0. The Hall–Kier alpha value is -0.880. The number of hydrogen-bond acceptors (Lipinski definition) is 6. The van der Waals surface area contributed by atoms with Crippen molar-refractivity contribution in [2.75, 3.05) is 6.54 Å². The molecule has 1 rings (SSSR count). The fourth-order valence-electron chi connectivity index (χ4n) is 0.858. The number of ether oxygens (including phenoxy) is 1. The smallest absolute Gasteiger partial charge is 0.184 e. The molecule has 3 atom stereocenters. The molecule has 0 aromatic rings. The summed E-state index contributed by atoms with van der Waals surface area (Å²) in [5.74, 6) is 0. The van der Waals surface area contributed by atoms with E-state index in [-0.39, 0.29) is 13.0 Å². The van der Waals surface area contributed by atoms with E-state index in [0.29, 0.717) is 0 Å². The summed E-state index contributed by atoms with van der Waals surface area (Å²) < 4.78 is 4.59. The zero-order chi connectivity index (χ0) is 8.27. The van der Waals surface area contributed by atoms with Crippen molar-refractivity contribution < 1.29 is 9.84 Å². The van der Waals surface area contributed by atoms with Crippen molar-refractivity contribution in [3.8, 4) is 0 Å². The number of epoxide rings is 1. The van der Waals surface area contributed by atoms with Crippen molar-refractivity contribution >= 4 is 0 Å². The van der Waals surface area contributed by atoms with E-state index in [4.69, 9.17) is 5.11 Å². The number of hydrogen-bond donors (Lipinski definition) is 1. The first-order valence-corrected chi connectivity index (χ1v) is 3.24. The summed E-state index contributed by atoms with van der Waals surface area (Å²) in [5.41, 5.74) is 0. The maximum absolute atomic E-state index is 10.1. The fourth-order valence-corrected chi connectivity index (χ4v) is 0.858. The Kier molecular flexibility index (Phi) is 2.61. The molecule has 6 nitrogen and oxygen atoms in total. The van der Waals surface area contributed by atoms with Gasteiger partial charge in [-0.3, -0.25) is 0 Å². The lowest BCUT2D eigenvalue weighted by atomic mass is 10.1. The molecule has 0 saturated carbocycles. The first-order chi connectivity index (χ1) is 5.29. The maximum Gasteiger partial charge on any atom is 0.184 e. The van der Waals surface area contributed by atoms with Gasteiger partial charge in [-0.25, -0.2) is 0 Å². The minimum absolute atomic E-state index is 0.0307. The van der Waals surface area contributed by atoms with Crippen LogP contribution in [0, 0.1) is 9.81 Å². The minimum Gasteiger partial charge on any atom is -0.366 e. The lowest BCUT2D eigenvalue weighted by Gasteiger charge is -1.99. The molecule has 1 fully saturated rings. The average Bonchev–Trinajstić information content (AvgIpc) is 2.69. The summed E-state index contributed by atoms with van der Waals surface area (Å²) in [4.78, 5) is 19.7. The normalized spacial score (nSPS) is 31.0. The molecule has 2 unspecified atom stereocenters. The monoisotopic (exact) mass is 160 g/mol. The van der Waals surface area contributed by atoms with Crippen LogP contribution in [-0.4, -0.2) is 30.1 Å². The average molecular weight is 160 g/mol. The summed E-state index contributed by atoms with van der Waals surface area (Å²) in [6.45, 7) is 0.0307. The summed E-state index contributed by atoms with van der Waals surface area (Å²) >= 11 is 0. The SMILES string of the molecule is O=NCCC(N=O)[C@@H]1OC1O. The van der Waals surface area contributed by atoms with Gasteiger partial charge in [0.2, 0.25) is 0 Å². The molecule has 0 aromatic heterocycles. The van der Waals surface area contributed by atoms with E-state index < -0.39 is 18.4 Å². The van der Waals surface area contributed by atoms with Gasteiger partial charge in [0.05, 0.1) is 6.54 Å². The summed E-state index contributed by atoms with van der Waals surface area (Å²) in [6.07, 6.45) is -1.16. The Morgan fingerprint density at radius 2 is 2.18 bits per heavy atom. The van der Waals surface area contributed by atoms with Crippen molar-refractivity contribution in [3.63, 3.8) is 0 Å². The second kappa shape index (κ2) is 3.49. The molecule has 1 N–H and O–H groups in total. The number of nitroso groups, excluding NO2 is 2. The zero-order valence-corrected chi connectivity index (χ0v) is 5.71. The largest absolute Gasteiger partial charge is 0.366 e. The standard InChI is InChI=1S/C5H8N2O4/c8-5-4(11-5)3(7-10)1-2-6-9/h3-5,8H,1-2H2/t3?,4-,5?/m0/s1. The van der Waals surface area contributed by atoms with E-state index in [9.17, 15) is 9.81 Å². The van der Waals surface area contributed by atoms with Gasteiger partial charge in [-0.15, -0.1) is 0 Å². The highest BCUT2D eigenvalue weighted by molar-refractivity contribution is 4.88. The van der Waals surface area contributed by atoms with Crippen LogP contribution >= 0.6 is 0 Å². The van der Waals surface area contributed by atoms with Gasteiger partial charge in [0.1, 0.15) is 12.1 Å². The molecule has 1 heterocycles. The van der Waals surface area contributed by atoms with Crippen molar-refractivity contribution in [2.24, 2.45) is 10.4 Å². The molecule has 1 aliphatic heterocycles. The maximum atomic E-state index is 10.1. The van der Waals surface area contributed by atoms with E-state index in [0.717, 1.165) is 0 Å². The lowest BCUT2D eigenvalue weighted by Crippen LogP contribution is -2.15. The van der Waals surface area contributed by atoms with Gasteiger partial charge in [0, 0.05) is 0 Å². The Morgan fingerprint density at radius 1 is 1.55 bits per heavy atom. The second-order valence-electron chi connectivity index (χ2n) is 2.31. The molecule has 62 valence electrons. The molecule has 0 aliphatic carbocycles. The predicted octanol–water partition coefficient (Wildman–Crippen LogP) is -0.00490. The quantitative estimate of drug-likeness (QED) is 0.452. The molecular weight excluding hydrogens is 152 g/mol. The van der Waals surface area contributed by atoms with E-state index >= 15 is 0 Å². The van der Waals surface area contributed by atoms with Crippen LogP contribution in [0.1, 0.15) is 6.42 Å². The van der Waals surface area contributed by atoms with E-state index in [1.54, 1.807) is 0 Å². The lowest BCUT2D eigenvalue weighted by molar-refractivity contribution is 0.155. The topological polar surface area (TPSA) is 91.6 Å². The number of aliphatic hydroxyl groups is 1. The van der Waals surface area contributed by atoms with Crippen LogP contribution in [0.4, 0.5) is 0 Å².